The van der Waals surface area contributed by atoms with Gasteiger partial charge in [-0.3, -0.25) is 9.59 Å². The lowest BCUT2D eigenvalue weighted by Gasteiger charge is -2.48. The number of aliphatic hydroxyl groups excluding tert-OH is 15. The molecule has 93 heavy (non-hydrogen) atoms. The standard InChI is InChI=1S/C64H103N3O26/c1-35-18-16-14-12-10-8-6-7-9-11-13-15-17-19-42(90-61-55(80)51(53(78)38(4)89-61)65-34-64(86)59(83)58(46(75)33-87-64)92-62-57(82)56(81)54(79)48(32-68)91-62)29-47-50(60(84)67-24-22-66(5)23-25-67)45(74)31-63(85,93-47)30-41(71)27-44(73)43(72)21-20-39(69)26-40(70)28-49(76)88-37(3)36(2)52(35)77/h6-19,35-48,50-59,61-62,65,68-75,77-83,85-86H,20-34H2,1-5H3/t35-,36?,37-,38+,39+,40+,41-,42-,43+,44+,45-,46+,47?,48+,50?,51-,52+,53+,54+,55-,56-,57+,58+,59-,61-,62?,63+,64+/m0/s1. The number of nitrogens with one attached hydrogen (secondary N) is 1. The Hall–Kier alpha value is -3.88. The molecule has 1 amide bonds. The van der Waals surface area contributed by atoms with Gasteiger partial charge < -0.3 is 135 Å². The van der Waals surface area contributed by atoms with E-state index in [1.807, 2.05) is 18.9 Å². The molecule has 28 atom stereocenters. The molecule has 5 saturated heterocycles. The number of amides is 1. The smallest absolute Gasteiger partial charge is 0.308 e. The molecule has 6 heterocycles. The van der Waals surface area contributed by atoms with Gasteiger partial charge in [-0.2, -0.15) is 0 Å². The number of carbonyl (C=O) groups is 2. The molecule has 0 aromatic carbocycles. The summed E-state index contributed by atoms with van der Waals surface area (Å²) in [6.45, 7) is 5.89. The van der Waals surface area contributed by atoms with Crippen LogP contribution in [0.1, 0.15) is 79.1 Å². The number of nitrogens with zero attached hydrogens (tertiary/aromatic N) is 2. The van der Waals surface area contributed by atoms with Crippen molar-refractivity contribution in [3.8, 4) is 0 Å². The monoisotopic (exact) mass is 1330 g/mol. The Morgan fingerprint density at radius 2 is 1.22 bits per heavy atom. The van der Waals surface area contributed by atoms with Gasteiger partial charge in [0.2, 0.25) is 11.7 Å². The minimum atomic E-state index is -2.67. The van der Waals surface area contributed by atoms with Crippen LogP contribution in [0.15, 0.2) is 85.1 Å². The van der Waals surface area contributed by atoms with Gasteiger partial charge in [0.1, 0.15) is 54.9 Å². The molecule has 5 fully saturated rings. The summed E-state index contributed by atoms with van der Waals surface area (Å²) >= 11 is 0. The summed E-state index contributed by atoms with van der Waals surface area (Å²) in [5, 5.41) is 191. The van der Waals surface area contributed by atoms with E-state index in [0.29, 0.717) is 13.1 Å². The SMILES string of the molecule is CC1[C@H](C)OC(=O)C[C@H](O)C[C@H](O)CC[C@@H](O)[C@H](O)C[C@H](O)C[C@]2(O)C[C@H](O)C(C(=O)N3CCN(C)CC3)C(C[C@@H](O[C@@H]3O[C@H](C)[C@@H](O)[C@H](NC[C@@]4(O)OC[C@@H](O)[C@@H](OC5O[C@H](CO)[C@@H](O)[C@H](O)[C@H]5O)[C@@H]4O)[C@@H]3O)C=CC=CC=CC=CC=CC=CC=C[C@H](C)[C@H]1O)O2. The number of likely N-dealkylation sites (N-methyl/N-ethyl adjacent to an activating group) is 1. The number of carbonyl (C=O) groups excluding carboxylic acids is 2. The number of piperazine rings is 1. The number of esters is 1. The number of ether oxygens (including phenoxy) is 7. The Kier molecular flexibility index (Phi) is 30.8. The van der Waals surface area contributed by atoms with Crippen LogP contribution in [0, 0.1) is 17.8 Å². The Labute approximate surface area is 542 Å². The zero-order chi connectivity index (χ0) is 68.5. The minimum absolute atomic E-state index is 0.148. The van der Waals surface area contributed by atoms with Crippen molar-refractivity contribution in [3.63, 3.8) is 0 Å². The van der Waals surface area contributed by atoms with Gasteiger partial charge in [0.15, 0.2) is 18.4 Å². The van der Waals surface area contributed by atoms with Gasteiger partial charge in [-0.05, 0) is 40.2 Å². The normalized spacial score (nSPS) is 44.2. The van der Waals surface area contributed by atoms with Crippen molar-refractivity contribution in [3.05, 3.63) is 85.1 Å². The van der Waals surface area contributed by atoms with E-state index in [1.165, 1.54) is 13.0 Å². The minimum Gasteiger partial charge on any atom is -0.462 e. The Balaban J connectivity index is 1.26. The number of hydrogen-bond acceptors (Lipinski definition) is 28. The van der Waals surface area contributed by atoms with Gasteiger partial charge in [0.05, 0.1) is 105 Å². The van der Waals surface area contributed by atoms with Crippen LogP contribution in [0.25, 0.3) is 0 Å². The van der Waals surface area contributed by atoms with Gasteiger partial charge >= 0.3 is 5.97 Å². The number of hydrogen-bond donors (Lipinski definition) is 18. The first-order valence-corrected chi connectivity index (χ1v) is 32.1. The lowest BCUT2D eigenvalue weighted by molar-refractivity contribution is -0.368. The van der Waals surface area contributed by atoms with Crippen LogP contribution in [-0.2, 0) is 42.7 Å². The van der Waals surface area contributed by atoms with Crippen molar-refractivity contribution >= 4 is 11.9 Å². The average Bonchev–Trinajstić information content (AvgIpc) is 0.812. The Bertz CT molecular complexity index is 2500. The third-order valence-corrected chi connectivity index (χ3v) is 18.2. The molecule has 18 N–H and O–H groups in total. The van der Waals surface area contributed by atoms with Crippen molar-refractivity contribution in [1.82, 2.24) is 15.1 Å². The third-order valence-electron chi connectivity index (χ3n) is 18.2. The molecular weight excluding hydrogens is 1230 g/mol. The first kappa shape index (κ1) is 78.1. The summed E-state index contributed by atoms with van der Waals surface area (Å²) < 4.78 is 40.9. The van der Waals surface area contributed by atoms with Gasteiger partial charge in [-0.15, -0.1) is 0 Å². The predicted octanol–water partition coefficient (Wildman–Crippen LogP) is -4.34. The molecule has 0 saturated carbocycles. The number of rotatable bonds is 9. The average molecular weight is 1330 g/mol. The summed E-state index contributed by atoms with van der Waals surface area (Å²) in [5.74, 6) is -8.52. The fourth-order valence-corrected chi connectivity index (χ4v) is 12.2. The molecule has 29 heteroatoms. The molecule has 29 nitrogen and oxygen atoms in total. The van der Waals surface area contributed by atoms with Gasteiger partial charge in [0.25, 0.3) is 0 Å². The largest absolute Gasteiger partial charge is 0.462 e. The molecule has 0 radical (unpaired) electrons. The molecule has 0 aromatic heterocycles. The van der Waals surface area contributed by atoms with Gasteiger partial charge in [-0.1, -0.05) is 98.9 Å². The van der Waals surface area contributed by atoms with Crippen molar-refractivity contribution in [2.75, 3.05) is 53.0 Å². The predicted molar refractivity (Wildman–Crippen MR) is 329 cm³/mol. The first-order chi connectivity index (χ1) is 44.0. The molecule has 6 rings (SSSR count). The van der Waals surface area contributed by atoms with E-state index in [2.05, 4.69) is 5.32 Å². The summed E-state index contributed by atoms with van der Waals surface area (Å²) in [6.07, 6.45) is -13.2. The number of cyclic esters (lactones) is 1. The molecule has 4 unspecified atom stereocenters. The lowest BCUT2D eigenvalue weighted by atomic mass is 9.81. The zero-order valence-electron chi connectivity index (χ0n) is 53.4. The van der Waals surface area contributed by atoms with E-state index in [-0.39, 0.29) is 44.7 Å². The molecule has 0 aromatic rings. The van der Waals surface area contributed by atoms with Gasteiger partial charge in [-0.25, -0.2) is 0 Å². The maximum Gasteiger partial charge on any atom is 0.308 e. The fraction of sp³-hybridized carbons (Fsp3) is 0.750. The number of aliphatic hydroxyl groups is 17. The lowest BCUT2D eigenvalue weighted by Crippen LogP contribution is -2.70. The summed E-state index contributed by atoms with van der Waals surface area (Å²) in [7, 11) is 1.89. The van der Waals surface area contributed by atoms with Gasteiger partial charge in [0, 0.05) is 63.7 Å². The van der Waals surface area contributed by atoms with E-state index < -0.39 is 221 Å². The fourth-order valence-electron chi connectivity index (χ4n) is 12.2. The molecule has 0 spiro atoms. The van der Waals surface area contributed by atoms with E-state index >= 15 is 0 Å². The van der Waals surface area contributed by atoms with Crippen LogP contribution in [0.5, 0.6) is 0 Å². The highest BCUT2D eigenvalue weighted by molar-refractivity contribution is 5.80. The van der Waals surface area contributed by atoms with Crippen molar-refractivity contribution in [2.45, 2.75) is 231 Å². The van der Waals surface area contributed by atoms with Crippen LogP contribution in [0.3, 0.4) is 0 Å². The second-order valence-electron chi connectivity index (χ2n) is 25.7. The third kappa shape index (κ3) is 22.3. The van der Waals surface area contributed by atoms with Crippen LogP contribution in [0.4, 0.5) is 0 Å². The Morgan fingerprint density at radius 1 is 0.613 bits per heavy atom. The summed E-state index contributed by atoms with van der Waals surface area (Å²) in [5.41, 5.74) is 0. The first-order valence-electron chi connectivity index (χ1n) is 32.1. The zero-order valence-corrected chi connectivity index (χ0v) is 53.4. The van der Waals surface area contributed by atoms with Crippen molar-refractivity contribution < 1.29 is 130 Å². The highest BCUT2D eigenvalue weighted by Crippen LogP contribution is 2.40. The van der Waals surface area contributed by atoms with Crippen molar-refractivity contribution in [1.29, 1.82) is 0 Å². The molecule has 6 aliphatic heterocycles. The second kappa shape index (κ2) is 36.6. The number of fused-ring (bicyclic) bond motifs is 2. The molecule has 530 valence electrons. The van der Waals surface area contributed by atoms with E-state index in [4.69, 9.17) is 33.2 Å². The molecular formula is C64H103N3O26. The molecule has 2 bridgehead atoms. The van der Waals surface area contributed by atoms with Crippen LogP contribution >= 0.6 is 0 Å². The topological polar surface area (TPSA) is 461 Å². The number of allylic oxidation sites excluding steroid dienone is 12. The second-order valence-corrected chi connectivity index (χ2v) is 25.7. The van der Waals surface area contributed by atoms with Crippen LogP contribution < -0.4 is 5.32 Å². The quantitative estimate of drug-likeness (QED) is 0.0971. The Morgan fingerprint density at radius 3 is 1.84 bits per heavy atom. The summed E-state index contributed by atoms with van der Waals surface area (Å²) in [4.78, 5) is 31.0. The summed E-state index contributed by atoms with van der Waals surface area (Å²) in [6, 6.07) is -1.46. The van der Waals surface area contributed by atoms with Crippen LogP contribution in [0.2, 0.25) is 0 Å². The maximum atomic E-state index is 14.6. The molecule has 6 aliphatic rings. The molecule has 0 aliphatic carbocycles. The van der Waals surface area contributed by atoms with E-state index in [1.54, 1.807) is 97.7 Å². The highest BCUT2D eigenvalue weighted by atomic mass is 16.7. The van der Waals surface area contributed by atoms with E-state index in [0.717, 1.165) is 0 Å². The van der Waals surface area contributed by atoms with E-state index in [9.17, 15) is 96.4 Å². The van der Waals surface area contributed by atoms with Crippen molar-refractivity contribution in [2.24, 2.45) is 17.8 Å². The maximum absolute atomic E-state index is 14.6. The van der Waals surface area contributed by atoms with Crippen LogP contribution in [-0.4, -0.2) is 314 Å². The highest BCUT2D eigenvalue weighted by Gasteiger charge is 2.56.